The second-order valence-corrected chi connectivity index (χ2v) is 4.73. The first-order valence-electron chi connectivity index (χ1n) is 5.57. The van der Waals surface area contributed by atoms with Crippen LogP contribution in [0.1, 0.15) is 44.9 Å². The van der Waals surface area contributed by atoms with Crippen molar-refractivity contribution in [2.75, 3.05) is 13.2 Å². The molecule has 1 saturated carbocycles. The van der Waals surface area contributed by atoms with Crippen LogP contribution in [0.15, 0.2) is 0 Å². The minimum atomic E-state index is 0.220. The van der Waals surface area contributed by atoms with Crippen LogP contribution in [-0.4, -0.2) is 24.4 Å². The van der Waals surface area contributed by atoms with E-state index in [4.69, 9.17) is 4.74 Å². The van der Waals surface area contributed by atoms with Gasteiger partial charge in [-0.25, -0.2) is 0 Å². The zero-order valence-corrected chi connectivity index (χ0v) is 8.30. The molecule has 1 aliphatic carbocycles. The number of aliphatic hydroxyl groups is 1. The van der Waals surface area contributed by atoms with Gasteiger partial charge in [-0.05, 0) is 24.7 Å². The van der Waals surface area contributed by atoms with Crippen LogP contribution in [-0.2, 0) is 4.74 Å². The molecule has 0 spiro atoms. The van der Waals surface area contributed by atoms with Gasteiger partial charge in [0.15, 0.2) is 0 Å². The molecule has 1 atom stereocenters. The Hall–Kier alpha value is -0.0800. The normalized spacial score (nSPS) is 32.5. The summed E-state index contributed by atoms with van der Waals surface area (Å²) in [7, 11) is 0. The van der Waals surface area contributed by atoms with Crippen molar-refractivity contribution >= 4 is 0 Å². The average Bonchev–Trinajstić information content (AvgIpc) is 2.94. The Morgan fingerprint density at radius 1 is 1.15 bits per heavy atom. The molecule has 1 aliphatic heterocycles. The Bertz CT molecular complexity index is 155. The van der Waals surface area contributed by atoms with Gasteiger partial charge < -0.3 is 9.84 Å². The molecule has 2 aliphatic rings. The van der Waals surface area contributed by atoms with Crippen LogP contribution < -0.4 is 0 Å². The molecular formula is C11H20O2. The van der Waals surface area contributed by atoms with Crippen LogP contribution >= 0.6 is 0 Å². The Kier molecular flexibility index (Phi) is 2.89. The van der Waals surface area contributed by atoms with Crippen molar-refractivity contribution in [1.29, 1.82) is 0 Å². The van der Waals surface area contributed by atoms with Crippen LogP contribution in [0.2, 0.25) is 0 Å². The fraction of sp³-hybridized carbons (Fsp3) is 1.00. The molecule has 2 nitrogen and oxygen atoms in total. The fourth-order valence-electron chi connectivity index (χ4n) is 2.57. The average molecular weight is 184 g/mol. The summed E-state index contributed by atoms with van der Waals surface area (Å²) in [6, 6.07) is 0. The summed E-state index contributed by atoms with van der Waals surface area (Å²) in [5.41, 5.74) is 0.220. The van der Waals surface area contributed by atoms with Gasteiger partial charge >= 0.3 is 0 Å². The molecule has 2 fully saturated rings. The van der Waals surface area contributed by atoms with Crippen molar-refractivity contribution in [2.45, 2.75) is 51.0 Å². The van der Waals surface area contributed by atoms with E-state index >= 15 is 0 Å². The van der Waals surface area contributed by atoms with E-state index in [1.807, 2.05) is 0 Å². The van der Waals surface area contributed by atoms with E-state index in [1.165, 1.54) is 38.5 Å². The third kappa shape index (κ3) is 2.44. The van der Waals surface area contributed by atoms with Gasteiger partial charge in [0, 0.05) is 6.61 Å². The molecule has 1 N–H and O–H groups in total. The van der Waals surface area contributed by atoms with Gasteiger partial charge in [0.2, 0.25) is 0 Å². The Balaban J connectivity index is 1.92. The summed E-state index contributed by atoms with van der Waals surface area (Å²) in [5, 5.41) is 9.49. The lowest BCUT2D eigenvalue weighted by atomic mass is 9.77. The van der Waals surface area contributed by atoms with E-state index in [1.54, 1.807) is 0 Å². The molecule has 0 radical (unpaired) electrons. The van der Waals surface area contributed by atoms with Crippen molar-refractivity contribution in [3.8, 4) is 0 Å². The molecule has 1 heterocycles. The van der Waals surface area contributed by atoms with E-state index in [0.717, 1.165) is 13.0 Å². The van der Waals surface area contributed by atoms with Gasteiger partial charge in [0.25, 0.3) is 0 Å². The second-order valence-electron chi connectivity index (χ2n) is 4.73. The fourth-order valence-corrected chi connectivity index (χ4v) is 2.57. The first-order valence-corrected chi connectivity index (χ1v) is 5.57. The molecule has 13 heavy (non-hydrogen) atoms. The van der Waals surface area contributed by atoms with Crippen molar-refractivity contribution in [2.24, 2.45) is 5.41 Å². The zero-order valence-electron chi connectivity index (χ0n) is 8.30. The number of aliphatic hydroxyl groups excluding tert-OH is 1. The molecular weight excluding hydrogens is 164 g/mol. The molecule has 76 valence electrons. The van der Waals surface area contributed by atoms with Crippen molar-refractivity contribution in [1.82, 2.24) is 0 Å². The van der Waals surface area contributed by atoms with E-state index in [9.17, 15) is 5.11 Å². The van der Waals surface area contributed by atoms with Gasteiger partial charge in [-0.3, -0.25) is 0 Å². The van der Waals surface area contributed by atoms with Crippen molar-refractivity contribution in [3.05, 3.63) is 0 Å². The van der Waals surface area contributed by atoms with Gasteiger partial charge in [-0.2, -0.15) is 0 Å². The highest BCUT2D eigenvalue weighted by Gasteiger charge is 2.37. The number of ether oxygens (including phenoxy) is 1. The molecule has 0 aromatic heterocycles. The number of hydrogen-bond donors (Lipinski definition) is 1. The Labute approximate surface area is 80.3 Å². The number of hydrogen-bond acceptors (Lipinski definition) is 2. The van der Waals surface area contributed by atoms with Gasteiger partial charge in [0.05, 0.1) is 12.7 Å². The quantitative estimate of drug-likeness (QED) is 0.538. The Morgan fingerprint density at radius 2 is 1.77 bits per heavy atom. The minimum absolute atomic E-state index is 0.220. The van der Waals surface area contributed by atoms with Crippen LogP contribution in [0.5, 0.6) is 0 Å². The van der Waals surface area contributed by atoms with E-state index in [2.05, 4.69) is 0 Å². The number of epoxide rings is 1. The molecule has 0 aromatic carbocycles. The van der Waals surface area contributed by atoms with E-state index in [0.29, 0.717) is 12.7 Å². The summed E-state index contributed by atoms with van der Waals surface area (Å²) < 4.78 is 5.27. The topological polar surface area (TPSA) is 32.8 Å². The molecule has 0 amide bonds. The maximum Gasteiger partial charge on any atom is 0.0816 e. The summed E-state index contributed by atoms with van der Waals surface area (Å²) in [6.07, 6.45) is 9.31. The van der Waals surface area contributed by atoms with Crippen LogP contribution in [0.25, 0.3) is 0 Å². The summed E-state index contributed by atoms with van der Waals surface area (Å²) in [6.45, 7) is 1.30. The standard InChI is InChI=1S/C11H20O2/c12-9-11(7-10-8-13-10)5-3-1-2-4-6-11/h10,12H,1-9H2. The van der Waals surface area contributed by atoms with Crippen LogP contribution in [0, 0.1) is 5.41 Å². The van der Waals surface area contributed by atoms with Gasteiger partial charge in [-0.1, -0.05) is 25.7 Å². The van der Waals surface area contributed by atoms with Crippen LogP contribution in [0.4, 0.5) is 0 Å². The maximum absolute atomic E-state index is 9.49. The lowest BCUT2D eigenvalue weighted by Gasteiger charge is -2.29. The van der Waals surface area contributed by atoms with E-state index in [-0.39, 0.29) is 5.41 Å². The molecule has 0 bridgehead atoms. The minimum Gasteiger partial charge on any atom is -0.396 e. The third-order valence-corrected chi connectivity index (χ3v) is 3.56. The predicted octanol–water partition coefficient (Wildman–Crippen LogP) is 2.11. The third-order valence-electron chi connectivity index (χ3n) is 3.56. The lowest BCUT2D eigenvalue weighted by molar-refractivity contribution is 0.0880. The SMILES string of the molecule is OCC1(CC2CO2)CCCCCC1. The van der Waals surface area contributed by atoms with Crippen molar-refractivity contribution < 1.29 is 9.84 Å². The van der Waals surface area contributed by atoms with E-state index < -0.39 is 0 Å². The molecule has 1 unspecified atom stereocenters. The highest BCUT2D eigenvalue weighted by atomic mass is 16.6. The highest BCUT2D eigenvalue weighted by Crippen LogP contribution is 2.41. The maximum atomic E-state index is 9.49. The molecule has 0 aromatic rings. The van der Waals surface area contributed by atoms with Crippen LogP contribution in [0.3, 0.4) is 0 Å². The highest BCUT2D eigenvalue weighted by molar-refractivity contribution is 4.87. The lowest BCUT2D eigenvalue weighted by Crippen LogP contribution is -2.26. The summed E-state index contributed by atoms with van der Waals surface area (Å²) in [5.74, 6) is 0. The van der Waals surface area contributed by atoms with Gasteiger partial charge in [0.1, 0.15) is 0 Å². The molecule has 2 heteroatoms. The van der Waals surface area contributed by atoms with Gasteiger partial charge in [-0.15, -0.1) is 0 Å². The van der Waals surface area contributed by atoms with Crippen molar-refractivity contribution in [3.63, 3.8) is 0 Å². The monoisotopic (exact) mass is 184 g/mol. The molecule has 2 rings (SSSR count). The predicted molar refractivity (Wildman–Crippen MR) is 51.6 cm³/mol. The zero-order chi connectivity index (χ0) is 9.15. The molecule has 1 saturated heterocycles. The first kappa shape index (κ1) is 9.47. The summed E-state index contributed by atoms with van der Waals surface area (Å²) in [4.78, 5) is 0. The first-order chi connectivity index (χ1) is 6.35. The second kappa shape index (κ2) is 3.97. The Morgan fingerprint density at radius 3 is 2.23 bits per heavy atom. The number of rotatable bonds is 3. The summed E-state index contributed by atoms with van der Waals surface area (Å²) >= 11 is 0. The smallest absolute Gasteiger partial charge is 0.0816 e. The largest absolute Gasteiger partial charge is 0.396 e.